The van der Waals surface area contributed by atoms with E-state index in [1.165, 1.54) is 0 Å². The van der Waals surface area contributed by atoms with Crippen LogP contribution < -0.4 is 20.5 Å². The zero-order chi connectivity index (χ0) is 20.3. The van der Waals surface area contributed by atoms with Crippen molar-refractivity contribution < 1.29 is 14.3 Å². The van der Waals surface area contributed by atoms with Gasteiger partial charge in [0.1, 0.15) is 11.5 Å². The van der Waals surface area contributed by atoms with Crippen molar-refractivity contribution >= 4 is 17.3 Å². The van der Waals surface area contributed by atoms with E-state index in [-0.39, 0.29) is 11.8 Å². The third-order valence-electron chi connectivity index (χ3n) is 4.07. The summed E-state index contributed by atoms with van der Waals surface area (Å²) in [5.74, 6) is 0.958. The minimum atomic E-state index is -0.400. The van der Waals surface area contributed by atoms with Gasteiger partial charge in [-0.1, -0.05) is 5.21 Å². The summed E-state index contributed by atoms with van der Waals surface area (Å²) in [5, 5.41) is 10.9. The fourth-order valence-electron chi connectivity index (χ4n) is 2.67. The third kappa shape index (κ3) is 4.06. The number of rotatable bonds is 6. The molecule has 1 heterocycles. The Balaban J connectivity index is 1.81. The van der Waals surface area contributed by atoms with Crippen molar-refractivity contribution in [2.45, 2.75) is 26.9 Å². The summed E-state index contributed by atoms with van der Waals surface area (Å²) in [6.07, 6.45) is 0.0956. The molecular formula is C20H23N5O3. The maximum absolute atomic E-state index is 12.7. The average molecular weight is 381 g/mol. The van der Waals surface area contributed by atoms with Gasteiger partial charge in [0.2, 0.25) is 0 Å². The molecule has 1 aromatic heterocycles. The van der Waals surface area contributed by atoms with Crippen molar-refractivity contribution in [2.24, 2.45) is 0 Å². The number of nitrogens with two attached hydrogens (primary N) is 1. The minimum absolute atomic E-state index is 0.0956. The van der Waals surface area contributed by atoms with Crippen LogP contribution in [0.15, 0.2) is 42.5 Å². The molecule has 0 bridgehead atoms. The van der Waals surface area contributed by atoms with Crippen LogP contribution in [0.4, 0.5) is 11.4 Å². The Labute approximate surface area is 163 Å². The van der Waals surface area contributed by atoms with Gasteiger partial charge in [0.25, 0.3) is 5.91 Å². The predicted octanol–water partition coefficient (Wildman–Crippen LogP) is 3.21. The van der Waals surface area contributed by atoms with Crippen LogP contribution in [-0.2, 0) is 0 Å². The van der Waals surface area contributed by atoms with Gasteiger partial charge >= 0.3 is 0 Å². The number of benzene rings is 2. The molecule has 0 aliphatic heterocycles. The van der Waals surface area contributed by atoms with Crippen molar-refractivity contribution in [1.82, 2.24) is 15.0 Å². The number of nitrogen functional groups attached to an aromatic ring is 1. The number of anilines is 2. The van der Waals surface area contributed by atoms with Gasteiger partial charge in [0.05, 0.1) is 36.0 Å². The van der Waals surface area contributed by atoms with Crippen molar-refractivity contribution in [1.29, 1.82) is 0 Å². The highest BCUT2D eigenvalue weighted by atomic mass is 16.5. The standard InChI is InChI=1S/C20H23N5O3/c1-12(2)28-15-7-5-14(6-8-15)25-13(3)19(23-24-25)20(26)22-18-11-16(27-4)9-10-17(18)21/h5-12H,21H2,1-4H3,(H,22,26). The van der Waals surface area contributed by atoms with Gasteiger partial charge in [0.15, 0.2) is 5.69 Å². The van der Waals surface area contributed by atoms with Gasteiger partial charge < -0.3 is 20.5 Å². The maximum Gasteiger partial charge on any atom is 0.278 e. The topological polar surface area (TPSA) is 104 Å². The Morgan fingerprint density at radius 2 is 1.82 bits per heavy atom. The molecular weight excluding hydrogens is 358 g/mol. The van der Waals surface area contributed by atoms with Crippen LogP contribution in [0.2, 0.25) is 0 Å². The first-order valence-corrected chi connectivity index (χ1v) is 8.83. The summed E-state index contributed by atoms with van der Waals surface area (Å²) < 4.78 is 12.4. The molecule has 8 heteroatoms. The number of hydrogen-bond donors (Lipinski definition) is 2. The van der Waals surface area contributed by atoms with Crippen molar-refractivity contribution in [3.05, 3.63) is 53.9 Å². The van der Waals surface area contributed by atoms with Crippen molar-refractivity contribution in [2.75, 3.05) is 18.2 Å². The molecule has 0 unspecified atom stereocenters. The molecule has 0 radical (unpaired) electrons. The molecule has 28 heavy (non-hydrogen) atoms. The van der Waals surface area contributed by atoms with Gasteiger partial charge in [-0.15, -0.1) is 5.10 Å². The number of hydrogen-bond acceptors (Lipinski definition) is 6. The second-order valence-corrected chi connectivity index (χ2v) is 6.50. The largest absolute Gasteiger partial charge is 0.497 e. The lowest BCUT2D eigenvalue weighted by Gasteiger charge is -2.11. The van der Waals surface area contributed by atoms with E-state index in [1.807, 2.05) is 38.1 Å². The number of carbonyl (C=O) groups excluding carboxylic acids is 1. The van der Waals surface area contributed by atoms with Crippen LogP contribution in [0.1, 0.15) is 30.0 Å². The molecule has 0 saturated heterocycles. The van der Waals surface area contributed by atoms with E-state index < -0.39 is 5.91 Å². The number of aromatic nitrogens is 3. The van der Waals surface area contributed by atoms with Crippen LogP contribution in [0, 0.1) is 6.92 Å². The van der Waals surface area contributed by atoms with E-state index in [0.29, 0.717) is 22.8 Å². The SMILES string of the molecule is COc1ccc(N)c(NC(=O)c2nnn(-c3ccc(OC(C)C)cc3)c2C)c1. The molecule has 2 aromatic carbocycles. The predicted molar refractivity (Wildman–Crippen MR) is 107 cm³/mol. The fraction of sp³-hybridized carbons (Fsp3) is 0.250. The minimum Gasteiger partial charge on any atom is -0.497 e. The Kier molecular flexibility index (Phi) is 5.49. The summed E-state index contributed by atoms with van der Waals surface area (Å²) >= 11 is 0. The van der Waals surface area contributed by atoms with Crippen LogP contribution in [0.3, 0.4) is 0 Å². The van der Waals surface area contributed by atoms with Crippen LogP contribution in [-0.4, -0.2) is 34.1 Å². The van der Waals surface area contributed by atoms with Crippen LogP contribution >= 0.6 is 0 Å². The van der Waals surface area contributed by atoms with E-state index in [9.17, 15) is 4.79 Å². The molecule has 146 valence electrons. The first-order chi connectivity index (χ1) is 13.4. The van der Waals surface area contributed by atoms with E-state index in [2.05, 4.69) is 15.6 Å². The van der Waals surface area contributed by atoms with Crippen LogP contribution in [0.5, 0.6) is 11.5 Å². The Morgan fingerprint density at radius 3 is 2.46 bits per heavy atom. The third-order valence-corrected chi connectivity index (χ3v) is 4.07. The normalized spacial score (nSPS) is 10.8. The zero-order valence-corrected chi connectivity index (χ0v) is 16.3. The second-order valence-electron chi connectivity index (χ2n) is 6.50. The molecule has 0 fully saturated rings. The van der Waals surface area contributed by atoms with Crippen molar-refractivity contribution in [3.63, 3.8) is 0 Å². The lowest BCUT2D eigenvalue weighted by molar-refractivity contribution is 0.102. The van der Waals surface area contributed by atoms with Gasteiger partial charge in [-0.2, -0.15) is 0 Å². The first-order valence-electron chi connectivity index (χ1n) is 8.83. The number of nitrogens with zero attached hydrogens (tertiary/aromatic N) is 3. The van der Waals surface area contributed by atoms with Gasteiger partial charge in [-0.05, 0) is 57.2 Å². The quantitative estimate of drug-likeness (QED) is 0.636. The smallest absolute Gasteiger partial charge is 0.278 e. The zero-order valence-electron chi connectivity index (χ0n) is 16.3. The number of nitrogens with one attached hydrogen (secondary N) is 1. The monoisotopic (exact) mass is 381 g/mol. The summed E-state index contributed by atoms with van der Waals surface area (Å²) in [6, 6.07) is 12.5. The molecule has 3 aromatic rings. The lowest BCUT2D eigenvalue weighted by atomic mass is 10.2. The molecule has 0 aliphatic carbocycles. The molecule has 0 saturated carbocycles. The van der Waals surface area contributed by atoms with Gasteiger partial charge in [-0.3, -0.25) is 4.79 Å². The molecule has 3 rings (SSSR count). The molecule has 0 atom stereocenters. The lowest BCUT2D eigenvalue weighted by Crippen LogP contribution is -2.15. The summed E-state index contributed by atoms with van der Waals surface area (Å²) in [5.41, 5.74) is 8.41. The molecule has 0 spiro atoms. The Hall–Kier alpha value is -3.55. The summed E-state index contributed by atoms with van der Waals surface area (Å²) in [4.78, 5) is 12.7. The summed E-state index contributed by atoms with van der Waals surface area (Å²) in [7, 11) is 1.55. The second kappa shape index (κ2) is 7.99. The van der Waals surface area contributed by atoms with Gasteiger partial charge in [-0.25, -0.2) is 4.68 Å². The Bertz CT molecular complexity index is 980. The van der Waals surface area contributed by atoms with Crippen molar-refractivity contribution in [3.8, 4) is 17.2 Å². The Morgan fingerprint density at radius 1 is 1.14 bits per heavy atom. The molecule has 8 nitrogen and oxygen atoms in total. The van der Waals surface area contributed by atoms with E-state index >= 15 is 0 Å². The molecule has 3 N–H and O–H groups in total. The van der Waals surface area contributed by atoms with E-state index in [0.717, 1.165) is 11.4 Å². The number of amides is 1. The average Bonchev–Trinajstić information content (AvgIpc) is 3.05. The highest BCUT2D eigenvalue weighted by Crippen LogP contribution is 2.25. The number of carbonyl (C=O) groups is 1. The highest BCUT2D eigenvalue weighted by molar-refractivity contribution is 6.05. The number of methoxy groups -OCH3 is 1. The van der Waals surface area contributed by atoms with E-state index in [4.69, 9.17) is 15.2 Å². The molecule has 0 aliphatic rings. The van der Waals surface area contributed by atoms with Gasteiger partial charge in [0, 0.05) is 6.07 Å². The molecule has 1 amide bonds. The summed E-state index contributed by atoms with van der Waals surface area (Å²) in [6.45, 7) is 5.72. The highest BCUT2D eigenvalue weighted by Gasteiger charge is 2.18. The van der Waals surface area contributed by atoms with E-state index in [1.54, 1.807) is 36.9 Å². The fourth-order valence-corrected chi connectivity index (χ4v) is 2.67. The first kappa shape index (κ1) is 19.2. The maximum atomic E-state index is 12.7. The van der Waals surface area contributed by atoms with Crippen LogP contribution in [0.25, 0.3) is 5.69 Å². The number of ether oxygens (including phenoxy) is 2.